The smallest absolute Gasteiger partial charge is 0.191 e. The molecule has 0 unspecified atom stereocenters. The first-order valence-electron chi connectivity index (χ1n) is 9.34. The van der Waals surface area contributed by atoms with Crippen LogP contribution in [0.5, 0.6) is 0 Å². The number of nitrogens with zero attached hydrogens (tertiary/aromatic N) is 3. The molecular weight excluding hydrogens is 477 g/mol. The Morgan fingerprint density at radius 2 is 1.66 bits per heavy atom. The third-order valence-electron chi connectivity index (χ3n) is 4.47. The van der Waals surface area contributed by atoms with E-state index in [1.165, 1.54) is 22.3 Å². The number of nitrogens with one attached hydrogen (secondary N) is 2. The molecule has 3 rings (SSSR count). The number of hydrogen-bond donors (Lipinski definition) is 2. The lowest BCUT2D eigenvalue weighted by Gasteiger charge is -2.14. The maximum absolute atomic E-state index is 5.15. The van der Waals surface area contributed by atoms with Gasteiger partial charge in [0.15, 0.2) is 5.96 Å². The van der Waals surface area contributed by atoms with Gasteiger partial charge >= 0.3 is 0 Å². The van der Waals surface area contributed by atoms with E-state index in [0.29, 0.717) is 19.7 Å². The number of methoxy groups -OCH3 is 1. The van der Waals surface area contributed by atoms with Crippen LogP contribution in [0.25, 0.3) is 0 Å². The average Bonchev–Trinajstić information content (AvgIpc) is 3.24. The molecular formula is C22H28IN5O. The van der Waals surface area contributed by atoms with Crippen molar-refractivity contribution in [1.82, 2.24) is 20.4 Å². The molecule has 3 aromatic rings. The molecule has 154 valence electrons. The summed E-state index contributed by atoms with van der Waals surface area (Å²) in [6.45, 7) is 2.80. The molecule has 0 radical (unpaired) electrons. The van der Waals surface area contributed by atoms with Crippen LogP contribution in [0.15, 0.2) is 72.0 Å². The summed E-state index contributed by atoms with van der Waals surface area (Å²) in [5.74, 6) is 0.773. The maximum atomic E-state index is 5.15. The molecule has 1 heterocycles. The van der Waals surface area contributed by atoms with Gasteiger partial charge in [0, 0.05) is 39.6 Å². The summed E-state index contributed by atoms with van der Waals surface area (Å²) in [6, 6.07) is 18.7. The van der Waals surface area contributed by atoms with E-state index in [9.17, 15) is 0 Å². The number of aromatic nitrogens is 2. The Morgan fingerprint density at radius 3 is 2.31 bits per heavy atom. The van der Waals surface area contributed by atoms with E-state index in [1.807, 2.05) is 16.9 Å². The summed E-state index contributed by atoms with van der Waals surface area (Å²) in [5.41, 5.74) is 4.83. The van der Waals surface area contributed by atoms with Crippen molar-refractivity contribution < 1.29 is 4.74 Å². The van der Waals surface area contributed by atoms with E-state index in [-0.39, 0.29) is 24.0 Å². The van der Waals surface area contributed by atoms with Crippen LogP contribution in [-0.4, -0.2) is 29.9 Å². The molecule has 7 heteroatoms. The Balaban J connectivity index is 0.00000300. The van der Waals surface area contributed by atoms with E-state index in [1.54, 1.807) is 20.4 Å². The Bertz CT molecular complexity index is 878. The fraction of sp³-hybridized carbons (Fsp3) is 0.273. The molecule has 0 saturated carbocycles. The molecule has 0 aliphatic rings. The number of aliphatic imine (C=N–C) groups is 1. The van der Waals surface area contributed by atoms with Crippen molar-refractivity contribution in [2.45, 2.75) is 26.2 Å². The second-order valence-electron chi connectivity index (χ2n) is 6.50. The van der Waals surface area contributed by atoms with Gasteiger partial charge in [0.2, 0.25) is 0 Å². The fourth-order valence-corrected chi connectivity index (χ4v) is 2.96. The van der Waals surface area contributed by atoms with E-state index < -0.39 is 0 Å². The van der Waals surface area contributed by atoms with E-state index in [2.05, 4.69) is 69.3 Å². The monoisotopic (exact) mass is 505 g/mol. The van der Waals surface area contributed by atoms with Gasteiger partial charge in [0.05, 0.1) is 13.2 Å². The van der Waals surface area contributed by atoms with Gasteiger partial charge in [0.25, 0.3) is 0 Å². The average molecular weight is 505 g/mol. The largest absolute Gasteiger partial charge is 0.380 e. The predicted molar refractivity (Wildman–Crippen MR) is 127 cm³/mol. The zero-order valence-corrected chi connectivity index (χ0v) is 19.2. The van der Waals surface area contributed by atoms with Crippen LogP contribution in [0.4, 0.5) is 0 Å². The molecule has 0 fully saturated rings. The molecule has 0 atom stereocenters. The molecule has 0 amide bonds. The fourth-order valence-electron chi connectivity index (χ4n) is 2.96. The highest BCUT2D eigenvalue weighted by Crippen LogP contribution is 2.10. The standard InChI is InChI=1S/C22H27N5O.HI/c1-23-22(24-14-18-8-10-19(11-9-18)17-28-2)25-15-20-6-3-4-7-21(20)16-27-13-5-12-26-27;/h3-13H,14-17H2,1-2H3,(H2,23,24,25);1H. The van der Waals surface area contributed by atoms with Crippen molar-refractivity contribution in [3.8, 4) is 0 Å². The number of halogens is 1. The number of benzene rings is 2. The van der Waals surface area contributed by atoms with Crippen LogP contribution < -0.4 is 10.6 Å². The van der Waals surface area contributed by atoms with Crippen LogP contribution in [0.3, 0.4) is 0 Å². The molecule has 29 heavy (non-hydrogen) atoms. The van der Waals surface area contributed by atoms with Gasteiger partial charge in [0.1, 0.15) is 0 Å². The highest BCUT2D eigenvalue weighted by molar-refractivity contribution is 14.0. The summed E-state index contributed by atoms with van der Waals surface area (Å²) in [4.78, 5) is 4.33. The van der Waals surface area contributed by atoms with Gasteiger partial charge < -0.3 is 15.4 Å². The summed E-state index contributed by atoms with van der Waals surface area (Å²) >= 11 is 0. The molecule has 0 bridgehead atoms. The highest BCUT2D eigenvalue weighted by atomic mass is 127. The second kappa shape index (κ2) is 12.2. The SMILES string of the molecule is CN=C(NCc1ccc(COC)cc1)NCc1ccccc1Cn1cccn1.I. The van der Waals surface area contributed by atoms with Crippen molar-refractivity contribution in [3.63, 3.8) is 0 Å². The number of guanidine groups is 1. The summed E-state index contributed by atoms with van der Waals surface area (Å²) in [6.07, 6.45) is 3.77. The van der Waals surface area contributed by atoms with E-state index >= 15 is 0 Å². The van der Waals surface area contributed by atoms with Crippen molar-refractivity contribution in [3.05, 3.63) is 89.2 Å². The maximum Gasteiger partial charge on any atom is 0.191 e. The molecule has 1 aromatic heterocycles. The molecule has 2 N–H and O–H groups in total. The molecule has 0 aliphatic carbocycles. The molecule has 6 nitrogen and oxygen atoms in total. The van der Waals surface area contributed by atoms with E-state index in [0.717, 1.165) is 12.5 Å². The number of hydrogen-bond acceptors (Lipinski definition) is 3. The summed E-state index contributed by atoms with van der Waals surface area (Å²) in [5, 5.41) is 11.1. The van der Waals surface area contributed by atoms with Gasteiger partial charge in [-0.3, -0.25) is 9.67 Å². The lowest BCUT2D eigenvalue weighted by atomic mass is 10.1. The minimum absolute atomic E-state index is 0. The lowest BCUT2D eigenvalue weighted by Crippen LogP contribution is -2.36. The quantitative estimate of drug-likeness (QED) is 0.279. The van der Waals surface area contributed by atoms with Gasteiger partial charge in [-0.25, -0.2) is 0 Å². The molecule has 0 aliphatic heterocycles. The zero-order valence-electron chi connectivity index (χ0n) is 16.8. The lowest BCUT2D eigenvalue weighted by molar-refractivity contribution is 0.185. The summed E-state index contributed by atoms with van der Waals surface area (Å²) < 4.78 is 7.08. The van der Waals surface area contributed by atoms with Crippen LogP contribution in [-0.2, 0) is 31.0 Å². The van der Waals surface area contributed by atoms with Crippen molar-refractivity contribution in [2.75, 3.05) is 14.2 Å². The highest BCUT2D eigenvalue weighted by Gasteiger charge is 2.05. The normalized spacial score (nSPS) is 11.0. The third-order valence-corrected chi connectivity index (χ3v) is 4.47. The van der Waals surface area contributed by atoms with Crippen LogP contribution in [0.2, 0.25) is 0 Å². The molecule has 0 spiro atoms. The van der Waals surface area contributed by atoms with Crippen molar-refractivity contribution >= 4 is 29.9 Å². The molecule has 0 saturated heterocycles. The predicted octanol–water partition coefficient (Wildman–Crippen LogP) is 3.56. The first kappa shape index (κ1) is 22.9. The Labute approximate surface area is 189 Å². The number of rotatable bonds is 8. The van der Waals surface area contributed by atoms with Gasteiger partial charge in [-0.2, -0.15) is 5.10 Å². The van der Waals surface area contributed by atoms with Gasteiger partial charge in [-0.1, -0.05) is 48.5 Å². The van der Waals surface area contributed by atoms with Crippen LogP contribution in [0.1, 0.15) is 22.3 Å². The Hall–Kier alpha value is -2.39. The Kier molecular flexibility index (Phi) is 9.66. The number of ether oxygens (including phenoxy) is 1. The van der Waals surface area contributed by atoms with Gasteiger partial charge in [-0.05, 0) is 28.3 Å². The van der Waals surface area contributed by atoms with Crippen molar-refractivity contribution in [1.29, 1.82) is 0 Å². The minimum atomic E-state index is 0. The van der Waals surface area contributed by atoms with E-state index in [4.69, 9.17) is 4.74 Å². The minimum Gasteiger partial charge on any atom is -0.380 e. The van der Waals surface area contributed by atoms with Crippen LogP contribution in [0, 0.1) is 0 Å². The topological polar surface area (TPSA) is 63.5 Å². The van der Waals surface area contributed by atoms with Gasteiger partial charge in [-0.15, -0.1) is 24.0 Å². The Morgan fingerprint density at radius 1 is 0.966 bits per heavy atom. The van der Waals surface area contributed by atoms with Crippen LogP contribution >= 0.6 is 24.0 Å². The van der Waals surface area contributed by atoms with Crippen molar-refractivity contribution in [2.24, 2.45) is 4.99 Å². The first-order valence-corrected chi connectivity index (χ1v) is 9.34. The second-order valence-corrected chi connectivity index (χ2v) is 6.50. The molecule has 2 aromatic carbocycles. The summed E-state index contributed by atoms with van der Waals surface area (Å²) in [7, 11) is 3.49. The first-order chi connectivity index (χ1) is 13.8. The third kappa shape index (κ3) is 7.17. The zero-order chi connectivity index (χ0) is 19.6.